The van der Waals surface area contributed by atoms with Gasteiger partial charge in [0.2, 0.25) is 0 Å². The highest BCUT2D eigenvalue weighted by molar-refractivity contribution is 5.32. The standard InChI is InChI=1S/C9H11F2N3O3/c1-5-8(14(15)16)4-12-13(5)6-2-7(3-6)17-9(10)11/h4,6-7,9H,2-3H2,1H3/t6-,7-. The largest absolute Gasteiger partial charge is 0.345 e. The maximum atomic E-state index is 11.9. The molecule has 0 aromatic carbocycles. The second-order valence-corrected chi connectivity index (χ2v) is 3.96. The summed E-state index contributed by atoms with van der Waals surface area (Å²) in [6.07, 6.45) is 1.51. The number of nitro groups is 1. The molecule has 0 radical (unpaired) electrons. The maximum absolute atomic E-state index is 11.9. The molecule has 1 fully saturated rings. The van der Waals surface area contributed by atoms with Gasteiger partial charge in [-0.1, -0.05) is 0 Å². The summed E-state index contributed by atoms with van der Waals surface area (Å²) >= 11 is 0. The molecule has 17 heavy (non-hydrogen) atoms. The lowest BCUT2D eigenvalue weighted by Gasteiger charge is -2.35. The Labute approximate surface area is 95.3 Å². The van der Waals surface area contributed by atoms with E-state index >= 15 is 0 Å². The lowest BCUT2D eigenvalue weighted by atomic mass is 9.89. The van der Waals surface area contributed by atoms with Crippen molar-refractivity contribution in [1.29, 1.82) is 0 Å². The van der Waals surface area contributed by atoms with Gasteiger partial charge in [-0.25, -0.2) is 0 Å². The quantitative estimate of drug-likeness (QED) is 0.603. The van der Waals surface area contributed by atoms with Crippen molar-refractivity contribution in [2.45, 2.75) is 38.5 Å². The Kier molecular flexibility index (Phi) is 3.05. The third kappa shape index (κ3) is 2.26. The van der Waals surface area contributed by atoms with Crippen molar-refractivity contribution >= 4 is 5.69 Å². The molecular weight excluding hydrogens is 236 g/mol. The van der Waals surface area contributed by atoms with Gasteiger partial charge in [0.05, 0.1) is 17.1 Å². The zero-order chi connectivity index (χ0) is 12.6. The normalized spacial score (nSPS) is 23.8. The Morgan fingerprint density at radius 3 is 2.76 bits per heavy atom. The number of rotatable bonds is 4. The van der Waals surface area contributed by atoms with Crippen molar-refractivity contribution in [2.24, 2.45) is 0 Å². The zero-order valence-electron chi connectivity index (χ0n) is 9.05. The van der Waals surface area contributed by atoms with Gasteiger partial charge in [0.15, 0.2) is 0 Å². The molecule has 1 heterocycles. The highest BCUT2D eigenvalue weighted by atomic mass is 19.3. The van der Waals surface area contributed by atoms with Gasteiger partial charge in [0, 0.05) is 0 Å². The van der Waals surface area contributed by atoms with Gasteiger partial charge in [0.25, 0.3) is 0 Å². The third-order valence-electron chi connectivity index (χ3n) is 2.93. The average Bonchev–Trinajstić information content (AvgIpc) is 2.52. The van der Waals surface area contributed by atoms with Gasteiger partial charge in [-0.05, 0) is 19.8 Å². The Morgan fingerprint density at radius 2 is 2.29 bits per heavy atom. The first-order valence-corrected chi connectivity index (χ1v) is 5.11. The molecule has 8 heteroatoms. The number of alkyl halides is 2. The van der Waals surface area contributed by atoms with Crippen LogP contribution in [0.15, 0.2) is 6.20 Å². The minimum Gasteiger partial charge on any atom is -0.319 e. The molecule has 0 saturated heterocycles. The van der Waals surface area contributed by atoms with E-state index in [4.69, 9.17) is 0 Å². The minimum atomic E-state index is -2.77. The van der Waals surface area contributed by atoms with E-state index in [2.05, 4.69) is 9.84 Å². The van der Waals surface area contributed by atoms with Crippen LogP contribution in [-0.2, 0) is 4.74 Å². The molecule has 0 N–H and O–H groups in total. The number of halogens is 2. The average molecular weight is 247 g/mol. The van der Waals surface area contributed by atoms with Crippen LogP contribution < -0.4 is 0 Å². The van der Waals surface area contributed by atoms with Crippen LogP contribution in [0.5, 0.6) is 0 Å². The van der Waals surface area contributed by atoms with E-state index in [1.54, 1.807) is 6.92 Å². The van der Waals surface area contributed by atoms with E-state index < -0.39 is 17.6 Å². The van der Waals surface area contributed by atoms with Crippen molar-refractivity contribution in [3.8, 4) is 0 Å². The molecule has 1 aliphatic rings. The maximum Gasteiger partial charge on any atom is 0.345 e. The first-order chi connectivity index (χ1) is 7.99. The summed E-state index contributed by atoms with van der Waals surface area (Å²) in [5.74, 6) is 0. The fraction of sp³-hybridized carbons (Fsp3) is 0.667. The number of ether oxygens (including phenoxy) is 1. The SMILES string of the molecule is Cc1c([N+](=O)[O-])cnn1[C@H]1C[C@H](OC(F)F)C1. The molecule has 1 aliphatic carbocycles. The summed E-state index contributed by atoms with van der Waals surface area (Å²) in [5.41, 5.74) is 0.388. The molecule has 0 spiro atoms. The smallest absolute Gasteiger partial charge is 0.319 e. The molecule has 1 aromatic rings. The van der Waals surface area contributed by atoms with Gasteiger partial charge in [-0.2, -0.15) is 13.9 Å². The highest BCUT2D eigenvalue weighted by Crippen LogP contribution is 2.37. The lowest BCUT2D eigenvalue weighted by Crippen LogP contribution is -2.35. The number of hydrogen-bond donors (Lipinski definition) is 0. The first kappa shape index (κ1) is 11.9. The van der Waals surface area contributed by atoms with E-state index in [1.807, 2.05) is 0 Å². The van der Waals surface area contributed by atoms with Crippen LogP contribution in [0.4, 0.5) is 14.5 Å². The number of nitrogens with zero attached hydrogens (tertiary/aromatic N) is 3. The van der Waals surface area contributed by atoms with Crippen molar-refractivity contribution in [3.05, 3.63) is 22.0 Å². The van der Waals surface area contributed by atoms with Crippen molar-refractivity contribution in [2.75, 3.05) is 0 Å². The van der Waals surface area contributed by atoms with Gasteiger partial charge in [0.1, 0.15) is 11.9 Å². The zero-order valence-corrected chi connectivity index (χ0v) is 9.05. The molecule has 0 amide bonds. The second kappa shape index (κ2) is 4.36. The highest BCUT2D eigenvalue weighted by Gasteiger charge is 2.35. The summed E-state index contributed by atoms with van der Waals surface area (Å²) in [5, 5.41) is 14.5. The molecule has 0 unspecified atom stereocenters. The van der Waals surface area contributed by atoms with E-state index in [0.717, 1.165) is 0 Å². The van der Waals surface area contributed by atoms with Crippen LogP contribution in [0.2, 0.25) is 0 Å². The van der Waals surface area contributed by atoms with Crippen LogP contribution in [0, 0.1) is 17.0 Å². The van der Waals surface area contributed by atoms with Crippen molar-refractivity contribution in [1.82, 2.24) is 9.78 Å². The molecule has 0 atom stereocenters. The summed E-state index contributed by atoms with van der Waals surface area (Å²) in [6, 6.07) is -0.0903. The topological polar surface area (TPSA) is 70.2 Å². The van der Waals surface area contributed by atoms with Crippen LogP contribution in [0.1, 0.15) is 24.6 Å². The number of aromatic nitrogens is 2. The first-order valence-electron chi connectivity index (χ1n) is 5.11. The molecule has 1 aromatic heterocycles. The van der Waals surface area contributed by atoms with Gasteiger partial charge < -0.3 is 4.74 Å². The van der Waals surface area contributed by atoms with Crippen LogP contribution in [-0.4, -0.2) is 27.4 Å². The molecule has 94 valence electrons. The monoisotopic (exact) mass is 247 g/mol. The molecule has 1 saturated carbocycles. The van der Waals surface area contributed by atoms with E-state index in [1.165, 1.54) is 10.9 Å². The molecule has 6 nitrogen and oxygen atoms in total. The third-order valence-corrected chi connectivity index (χ3v) is 2.93. The van der Waals surface area contributed by atoms with Crippen molar-refractivity contribution in [3.63, 3.8) is 0 Å². The Bertz CT molecular complexity index is 429. The Morgan fingerprint density at radius 1 is 1.65 bits per heavy atom. The molecule has 0 bridgehead atoms. The van der Waals surface area contributed by atoms with Gasteiger partial charge in [-0.3, -0.25) is 14.8 Å². The summed E-state index contributed by atoms with van der Waals surface area (Å²) in [4.78, 5) is 10.1. The predicted molar refractivity (Wildman–Crippen MR) is 52.8 cm³/mol. The van der Waals surface area contributed by atoms with Crippen LogP contribution >= 0.6 is 0 Å². The van der Waals surface area contributed by atoms with E-state index in [0.29, 0.717) is 18.5 Å². The number of hydrogen-bond acceptors (Lipinski definition) is 4. The molecular formula is C9H11F2N3O3. The Hall–Kier alpha value is -1.57. The molecule has 2 rings (SSSR count). The minimum absolute atomic E-state index is 0.0526. The van der Waals surface area contributed by atoms with Gasteiger partial charge in [-0.15, -0.1) is 0 Å². The van der Waals surface area contributed by atoms with E-state index in [9.17, 15) is 18.9 Å². The predicted octanol–water partition coefficient (Wildman–Crippen LogP) is 2.04. The summed E-state index contributed by atoms with van der Waals surface area (Å²) < 4.78 is 29.6. The Balaban J connectivity index is 2.00. The summed E-state index contributed by atoms with van der Waals surface area (Å²) in [6.45, 7) is -1.18. The fourth-order valence-corrected chi connectivity index (χ4v) is 1.96. The summed E-state index contributed by atoms with van der Waals surface area (Å²) in [7, 11) is 0. The lowest BCUT2D eigenvalue weighted by molar-refractivity contribution is -0.385. The second-order valence-electron chi connectivity index (χ2n) is 3.96. The fourth-order valence-electron chi connectivity index (χ4n) is 1.96. The van der Waals surface area contributed by atoms with E-state index in [-0.39, 0.29) is 11.7 Å². The van der Waals surface area contributed by atoms with Crippen LogP contribution in [0.25, 0.3) is 0 Å². The van der Waals surface area contributed by atoms with Crippen molar-refractivity contribution < 1.29 is 18.4 Å². The van der Waals surface area contributed by atoms with Crippen LogP contribution in [0.3, 0.4) is 0 Å². The molecule has 0 aliphatic heterocycles. The van der Waals surface area contributed by atoms with Gasteiger partial charge >= 0.3 is 12.3 Å².